The van der Waals surface area contributed by atoms with Gasteiger partial charge in [-0.3, -0.25) is 0 Å². The Kier molecular flexibility index (Phi) is 6.72. The predicted molar refractivity (Wildman–Crippen MR) is 86.4 cm³/mol. The molecule has 0 aromatic carbocycles. The van der Waals surface area contributed by atoms with Gasteiger partial charge in [-0.2, -0.15) is 14.2 Å². The molecule has 0 aliphatic carbocycles. The first-order valence-electron chi connectivity index (χ1n) is 5.27. The van der Waals surface area contributed by atoms with Gasteiger partial charge in [-0.05, 0) is 13.8 Å². The van der Waals surface area contributed by atoms with Gasteiger partial charge in [0.05, 0.1) is 13.1 Å². The number of aromatic nitrogens is 2. The van der Waals surface area contributed by atoms with E-state index in [1.807, 2.05) is 6.92 Å². The Labute approximate surface area is 135 Å². The molecule has 0 aliphatic rings. The van der Waals surface area contributed by atoms with Gasteiger partial charge >= 0.3 is 73.6 Å². The molecule has 1 aromatic rings. The SMILES string of the molecule is CCn1c(=O)oc(C)[n+](CC)c1=O.[Cl][Sb-]([Cl])([Cl])([Cl])([Cl])[Cl]. The Morgan fingerprint density at radius 1 is 1.10 bits per heavy atom. The van der Waals surface area contributed by atoms with Gasteiger partial charge in [0.25, 0.3) is 5.89 Å². The molecule has 1 aromatic heterocycles. The van der Waals surface area contributed by atoms with Crippen molar-refractivity contribution in [2.45, 2.75) is 33.9 Å². The molecule has 5 nitrogen and oxygen atoms in total. The van der Waals surface area contributed by atoms with Crippen LogP contribution in [0.3, 0.4) is 0 Å². The Morgan fingerprint density at radius 3 is 1.80 bits per heavy atom. The van der Waals surface area contributed by atoms with Crippen molar-refractivity contribution in [2.75, 3.05) is 0 Å². The van der Waals surface area contributed by atoms with Gasteiger partial charge in [-0.15, -0.1) is 4.57 Å². The molecule has 0 N–H and O–H groups in total. The van der Waals surface area contributed by atoms with Gasteiger partial charge < -0.3 is 4.42 Å². The number of halogens is 6. The summed E-state index contributed by atoms with van der Waals surface area (Å²) in [7, 11) is 25.0. The summed E-state index contributed by atoms with van der Waals surface area (Å²) in [6.45, 7) is 6.00. The second kappa shape index (κ2) is 6.35. The quantitative estimate of drug-likeness (QED) is 0.446. The molecule has 12 heteroatoms. The van der Waals surface area contributed by atoms with E-state index in [9.17, 15) is 9.59 Å². The summed E-state index contributed by atoms with van der Waals surface area (Å²) in [4.78, 5) is 22.7. The molecule has 0 amide bonds. The van der Waals surface area contributed by atoms with Crippen molar-refractivity contribution in [3.8, 4) is 0 Å². The van der Waals surface area contributed by atoms with Crippen LogP contribution in [-0.2, 0) is 13.1 Å². The number of hydrogen-bond acceptors (Lipinski definition) is 3. The van der Waals surface area contributed by atoms with Crippen molar-refractivity contribution >= 4 is 62.1 Å². The molecule has 1 heterocycles. The van der Waals surface area contributed by atoms with E-state index < -0.39 is 14.9 Å². The van der Waals surface area contributed by atoms with E-state index in [-0.39, 0.29) is 5.69 Å². The fourth-order valence-corrected chi connectivity index (χ4v) is 1.22. The van der Waals surface area contributed by atoms with Crippen LogP contribution in [0.1, 0.15) is 19.7 Å². The van der Waals surface area contributed by atoms with E-state index in [2.05, 4.69) is 0 Å². The summed E-state index contributed by atoms with van der Waals surface area (Å²) in [6.07, 6.45) is 0. The average molecular weight is 520 g/mol. The fraction of sp³-hybridized carbons (Fsp3) is 0.625. The zero-order valence-corrected chi connectivity index (χ0v) is 17.8. The van der Waals surface area contributed by atoms with Crippen molar-refractivity contribution in [3.63, 3.8) is 0 Å². The summed E-state index contributed by atoms with van der Waals surface area (Å²) >= 11 is 0. The number of nitrogens with zero attached hydrogens (tertiary/aromatic N) is 2. The third-order valence-electron chi connectivity index (χ3n) is 1.93. The van der Waals surface area contributed by atoms with Gasteiger partial charge in [0.15, 0.2) is 0 Å². The summed E-state index contributed by atoms with van der Waals surface area (Å²) < 4.78 is 7.36. The zero-order chi connectivity index (χ0) is 16.4. The van der Waals surface area contributed by atoms with Gasteiger partial charge in [-0.25, -0.2) is 0 Å². The number of rotatable bonds is 2. The van der Waals surface area contributed by atoms with Crippen LogP contribution in [0.25, 0.3) is 0 Å². The van der Waals surface area contributed by atoms with Crippen LogP contribution in [0, 0.1) is 6.92 Å². The molecule has 0 saturated heterocycles. The second-order valence-electron chi connectivity index (χ2n) is 3.62. The molecular weight excluding hydrogens is 507 g/mol. The Morgan fingerprint density at radius 2 is 1.50 bits per heavy atom. The van der Waals surface area contributed by atoms with E-state index in [0.717, 1.165) is 4.57 Å². The van der Waals surface area contributed by atoms with Gasteiger partial charge in [0, 0.05) is 6.92 Å². The zero-order valence-electron chi connectivity index (χ0n) is 10.7. The molecule has 0 spiro atoms. The molecule has 0 bridgehead atoms. The second-order valence-corrected chi connectivity index (χ2v) is 60.5. The van der Waals surface area contributed by atoms with Crippen LogP contribution in [0.5, 0.6) is 0 Å². The van der Waals surface area contributed by atoms with E-state index in [1.165, 1.54) is 4.57 Å². The fourth-order valence-electron chi connectivity index (χ4n) is 1.22. The first kappa shape index (κ1) is 21.2. The molecular formula is C8H13Cl6N2O3Sb. The van der Waals surface area contributed by atoms with Crippen LogP contribution >= 0.6 is 53.0 Å². The van der Waals surface area contributed by atoms with Crippen molar-refractivity contribution in [1.29, 1.82) is 0 Å². The average Bonchev–Trinajstić information content (AvgIpc) is 2.13. The monoisotopic (exact) mass is 516 g/mol. The van der Waals surface area contributed by atoms with Crippen molar-refractivity contribution < 1.29 is 8.98 Å². The van der Waals surface area contributed by atoms with Crippen LogP contribution in [-0.4, -0.2) is 13.7 Å². The molecule has 0 atom stereocenters. The third-order valence-corrected chi connectivity index (χ3v) is 1.93. The maximum atomic E-state index is 11.5. The maximum absolute atomic E-state index is 11.5. The van der Waals surface area contributed by atoms with Crippen LogP contribution in [0.15, 0.2) is 14.0 Å². The number of hydrogen-bond donors (Lipinski definition) is 0. The van der Waals surface area contributed by atoms with E-state index >= 15 is 0 Å². The topological polar surface area (TPSA) is 56.1 Å². The van der Waals surface area contributed by atoms with Crippen LogP contribution in [0.4, 0.5) is 0 Å². The third kappa shape index (κ3) is 9.99. The molecule has 0 unspecified atom stereocenters. The molecule has 20 heavy (non-hydrogen) atoms. The Bertz CT molecular complexity index is 591. The Balaban J connectivity index is 0.000000441. The normalized spacial score (nSPS) is 14.8. The van der Waals surface area contributed by atoms with Crippen molar-refractivity contribution in [3.05, 3.63) is 26.9 Å². The number of aryl methyl sites for hydroxylation is 1. The first-order chi connectivity index (χ1) is 8.56. The minimum atomic E-state index is -5.42. The predicted octanol–water partition coefficient (Wildman–Crippen LogP) is 3.19. The minimum absolute atomic E-state index is 0.307. The molecule has 0 fully saturated rings. The van der Waals surface area contributed by atoms with Crippen molar-refractivity contribution in [2.24, 2.45) is 0 Å². The molecule has 0 aliphatic heterocycles. The first-order valence-corrected chi connectivity index (χ1v) is 24.7. The van der Waals surface area contributed by atoms with Gasteiger partial charge in [0.1, 0.15) is 0 Å². The molecule has 0 radical (unpaired) electrons. The summed E-state index contributed by atoms with van der Waals surface area (Å²) in [6, 6.07) is 0. The van der Waals surface area contributed by atoms with E-state index in [1.54, 1.807) is 13.8 Å². The summed E-state index contributed by atoms with van der Waals surface area (Å²) in [5.41, 5.74) is -0.307. The van der Waals surface area contributed by atoms with Gasteiger partial charge in [0.2, 0.25) is 0 Å². The van der Waals surface area contributed by atoms with Crippen molar-refractivity contribution in [1.82, 2.24) is 4.57 Å². The molecule has 1 rings (SSSR count). The van der Waals surface area contributed by atoms with E-state index in [4.69, 9.17) is 57.4 Å². The summed E-state index contributed by atoms with van der Waals surface area (Å²) in [5.74, 6) is -0.239. The van der Waals surface area contributed by atoms with E-state index in [0.29, 0.717) is 19.0 Å². The molecule has 0 saturated carbocycles. The summed E-state index contributed by atoms with van der Waals surface area (Å²) in [5, 5.41) is 0. The van der Waals surface area contributed by atoms with Crippen LogP contribution in [0.2, 0.25) is 0 Å². The Hall–Kier alpha value is 1.17. The van der Waals surface area contributed by atoms with Crippen LogP contribution < -0.4 is 16.0 Å². The molecule has 120 valence electrons. The standard InChI is InChI=1S/C8H13N2O3.6ClH.Sb/c1-4-9-6(3)13-8(12)10(5-2)7(9)11;;;;;;;/h4-5H2,1-3H3;6*1H;/q+1;;;;;;;+5/p-6. The van der Waals surface area contributed by atoms with Gasteiger partial charge in [-0.1, -0.05) is 0 Å².